The molecule has 4 rings (SSSR count). The van der Waals surface area contributed by atoms with Crippen LogP contribution in [0.15, 0.2) is 66.1 Å². The molecule has 1 atom stereocenters. The molecule has 0 spiro atoms. The minimum Gasteiger partial charge on any atom is -0.348 e. The normalized spacial score (nSPS) is 15.8. The average molecular weight is 414 g/mol. The fraction of sp³-hybridized carbons (Fsp3) is 0.150. The number of benzene rings is 2. The number of aromatic nitrogens is 3. The molecule has 28 heavy (non-hydrogen) atoms. The van der Waals surface area contributed by atoms with Crippen LogP contribution in [-0.2, 0) is 11.3 Å². The van der Waals surface area contributed by atoms with Gasteiger partial charge in [0.2, 0.25) is 5.95 Å². The second kappa shape index (κ2) is 7.66. The van der Waals surface area contributed by atoms with Gasteiger partial charge >= 0.3 is 0 Å². The number of carbonyl (C=O) groups is 1. The Morgan fingerprint density at radius 2 is 2.00 bits per heavy atom. The second-order valence-electron chi connectivity index (χ2n) is 6.43. The Bertz CT molecular complexity index is 1060. The van der Waals surface area contributed by atoms with Crippen molar-refractivity contribution in [3.05, 3.63) is 87.3 Å². The van der Waals surface area contributed by atoms with Crippen molar-refractivity contribution in [2.75, 3.05) is 5.32 Å². The first kappa shape index (κ1) is 18.5. The largest absolute Gasteiger partial charge is 0.348 e. The van der Waals surface area contributed by atoms with Crippen LogP contribution in [0, 0.1) is 0 Å². The lowest BCUT2D eigenvalue weighted by Crippen LogP contribution is -2.35. The molecular formula is C20H17Cl2N5O. The van der Waals surface area contributed by atoms with Crippen LogP contribution in [0.2, 0.25) is 10.0 Å². The van der Waals surface area contributed by atoms with Gasteiger partial charge in [0.15, 0.2) is 0 Å². The van der Waals surface area contributed by atoms with E-state index in [2.05, 4.69) is 20.7 Å². The Labute approximate surface area is 172 Å². The lowest BCUT2D eigenvalue weighted by atomic mass is 9.95. The Hall–Kier alpha value is -2.83. The molecular weight excluding hydrogens is 397 g/mol. The van der Waals surface area contributed by atoms with Gasteiger partial charge in [-0.25, -0.2) is 4.68 Å². The Morgan fingerprint density at radius 1 is 1.21 bits per heavy atom. The first-order valence-electron chi connectivity index (χ1n) is 8.69. The predicted molar refractivity (Wildman–Crippen MR) is 109 cm³/mol. The standard InChI is InChI=1S/C20H17Cl2N5O/c1-12-17(19(28)23-10-13-5-3-2-4-6-13)18(27-20(26-12)24-11-25-27)15-8-7-14(21)9-16(15)22/h2-9,11,18H,10H2,1H3,(H,23,28)(H,24,25,26)/t18-/m1/s1. The highest BCUT2D eigenvalue weighted by Crippen LogP contribution is 2.38. The van der Waals surface area contributed by atoms with Gasteiger partial charge in [0.25, 0.3) is 5.91 Å². The van der Waals surface area contributed by atoms with Crippen LogP contribution in [0.1, 0.15) is 24.1 Å². The van der Waals surface area contributed by atoms with Gasteiger partial charge in [0, 0.05) is 27.9 Å². The lowest BCUT2D eigenvalue weighted by molar-refractivity contribution is -0.118. The highest BCUT2D eigenvalue weighted by molar-refractivity contribution is 6.35. The number of amides is 1. The summed E-state index contributed by atoms with van der Waals surface area (Å²) < 4.78 is 1.65. The van der Waals surface area contributed by atoms with E-state index < -0.39 is 6.04 Å². The van der Waals surface area contributed by atoms with Crippen LogP contribution in [0.3, 0.4) is 0 Å². The van der Waals surface area contributed by atoms with Gasteiger partial charge in [0.05, 0.1) is 5.57 Å². The van der Waals surface area contributed by atoms with Gasteiger partial charge < -0.3 is 10.6 Å². The Balaban J connectivity index is 1.71. The predicted octanol–water partition coefficient (Wildman–Crippen LogP) is 4.19. The molecule has 2 N–H and O–H groups in total. The number of fused-ring (bicyclic) bond motifs is 1. The quantitative estimate of drug-likeness (QED) is 0.672. The van der Waals surface area contributed by atoms with E-state index >= 15 is 0 Å². The molecule has 1 amide bonds. The maximum atomic E-state index is 13.1. The highest BCUT2D eigenvalue weighted by atomic mass is 35.5. The number of rotatable bonds is 4. The molecule has 3 aromatic rings. The van der Waals surface area contributed by atoms with Crippen molar-refractivity contribution in [2.45, 2.75) is 19.5 Å². The summed E-state index contributed by atoms with van der Waals surface area (Å²) in [5.41, 5.74) is 2.96. The van der Waals surface area contributed by atoms with Gasteiger partial charge in [-0.1, -0.05) is 59.6 Å². The molecule has 6 nitrogen and oxygen atoms in total. The zero-order valence-electron chi connectivity index (χ0n) is 15.0. The molecule has 0 saturated heterocycles. The van der Waals surface area contributed by atoms with E-state index in [9.17, 15) is 4.79 Å². The molecule has 1 aliphatic rings. The summed E-state index contributed by atoms with van der Waals surface area (Å²) in [6.07, 6.45) is 1.44. The number of allylic oxidation sites excluding steroid dienone is 1. The van der Waals surface area contributed by atoms with E-state index in [1.54, 1.807) is 16.8 Å². The van der Waals surface area contributed by atoms with Crippen molar-refractivity contribution >= 4 is 35.1 Å². The molecule has 0 radical (unpaired) electrons. The third-order valence-electron chi connectivity index (χ3n) is 4.59. The summed E-state index contributed by atoms with van der Waals surface area (Å²) in [6.45, 7) is 2.26. The van der Waals surface area contributed by atoms with Crippen LogP contribution in [-0.4, -0.2) is 20.7 Å². The van der Waals surface area contributed by atoms with Crippen LogP contribution < -0.4 is 10.6 Å². The number of carbonyl (C=O) groups excluding carboxylic acids is 1. The SMILES string of the molecule is CC1=C(C(=O)NCc2ccccc2)[C@@H](c2ccc(Cl)cc2Cl)n2ncnc2N1. The molecule has 1 aromatic heterocycles. The summed E-state index contributed by atoms with van der Waals surface area (Å²) in [5, 5.41) is 11.4. The van der Waals surface area contributed by atoms with Crippen LogP contribution in [0.4, 0.5) is 5.95 Å². The molecule has 142 valence electrons. The zero-order chi connectivity index (χ0) is 19.7. The van der Waals surface area contributed by atoms with Gasteiger partial charge in [-0.3, -0.25) is 4.79 Å². The van der Waals surface area contributed by atoms with E-state index in [0.29, 0.717) is 33.8 Å². The third kappa shape index (κ3) is 3.48. The van der Waals surface area contributed by atoms with E-state index in [1.807, 2.05) is 43.3 Å². The smallest absolute Gasteiger partial charge is 0.251 e. The van der Waals surface area contributed by atoms with Gasteiger partial charge in [-0.2, -0.15) is 10.1 Å². The fourth-order valence-corrected chi connectivity index (χ4v) is 3.78. The van der Waals surface area contributed by atoms with E-state index in [1.165, 1.54) is 6.33 Å². The Morgan fingerprint density at radius 3 is 2.75 bits per heavy atom. The summed E-state index contributed by atoms with van der Waals surface area (Å²) >= 11 is 12.5. The second-order valence-corrected chi connectivity index (χ2v) is 7.27. The molecule has 0 fully saturated rings. The summed E-state index contributed by atoms with van der Waals surface area (Å²) in [5.74, 6) is 0.346. The van der Waals surface area contributed by atoms with Crippen molar-refractivity contribution in [3.63, 3.8) is 0 Å². The van der Waals surface area contributed by atoms with Crippen molar-refractivity contribution in [3.8, 4) is 0 Å². The first-order chi connectivity index (χ1) is 13.5. The van der Waals surface area contributed by atoms with Crippen LogP contribution in [0.25, 0.3) is 0 Å². The van der Waals surface area contributed by atoms with Gasteiger partial charge in [-0.05, 0) is 24.6 Å². The highest BCUT2D eigenvalue weighted by Gasteiger charge is 2.34. The molecule has 0 unspecified atom stereocenters. The molecule has 8 heteroatoms. The molecule has 1 aliphatic heterocycles. The number of nitrogens with one attached hydrogen (secondary N) is 2. The summed E-state index contributed by atoms with van der Waals surface area (Å²) in [7, 11) is 0. The number of halogens is 2. The number of nitrogens with zero attached hydrogens (tertiary/aromatic N) is 3. The number of hydrogen-bond donors (Lipinski definition) is 2. The summed E-state index contributed by atoms with van der Waals surface area (Å²) in [6, 6.07) is 14.4. The Kier molecular flexibility index (Phi) is 5.07. The molecule has 0 bridgehead atoms. The van der Waals surface area contributed by atoms with E-state index in [0.717, 1.165) is 11.1 Å². The first-order valence-corrected chi connectivity index (χ1v) is 9.44. The van der Waals surface area contributed by atoms with E-state index in [-0.39, 0.29) is 5.91 Å². The summed E-state index contributed by atoms with van der Waals surface area (Å²) in [4.78, 5) is 17.4. The van der Waals surface area contributed by atoms with Crippen LogP contribution >= 0.6 is 23.2 Å². The zero-order valence-corrected chi connectivity index (χ0v) is 16.5. The topological polar surface area (TPSA) is 71.8 Å². The van der Waals surface area contributed by atoms with Gasteiger partial charge in [0.1, 0.15) is 12.4 Å². The molecule has 0 saturated carbocycles. The van der Waals surface area contributed by atoms with Crippen molar-refractivity contribution < 1.29 is 4.79 Å². The maximum Gasteiger partial charge on any atom is 0.251 e. The number of hydrogen-bond acceptors (Lipinski definition) is 4. The van der Waals surface area contributed by atoms with Crippen molar-refractivity contribution in [2.24, 2.45) is 0 Å². The lowest BCUT2D eigenvalue weighted by Gasteiger charge is -2.29. The van der Waals surface area contributed by atoms with E-state index in [4.69, 9.17) is 23.2 Å². The average Bonchev–Trinajstić information content (AvgIpc) is 3.14. The number of anilines is 1. The minimum atomic E-state index is -0.515. The van der Waals surface area contributed by atoms with Crippen LogP contribution in [0.5, 0.6) is 0 Å². The fourth-order valence-electron chi connectivity index (χ4n) is 3.27. The maximum absolute atomic E-state index is 13.1. The molecule has 2 aromatic carbocycles. The molecule has 0 aliphatic carbocycles. The van der Waals surface area contributed by atoms with Crippen molar-refractivity contribution in [1.82, 2.24) is 20.1 Å². The van der Waals surface area contributed by atoms with Gasteiger partial charge in [-0.15, -0.1) is 0 Å². The third-order valence-corrected chi connectivity index (χ3v) is 5.15. The molecule has 2 heterocycles. The monoisotopic (exact) mass is 413 g/mol. The minimum absolute atomic E-state index is 0.203. The van der Waals surface area contributed by atoms with Crippen molar-refractivity contribution in [1.29, 1.82) is 0 Å².